The molecule has 21 heavy (non-hydrogen) atoms. The second-order valence-corrected chi connectivity index (χ2v) is 6.18. The van der Waals surface area contributed by atoms with Gasteiger partial charge in [-0.15, -0.1) is 0 Å². The molecule has 1 aliphatic carbocycles. The fraction of sp³-hybridized carbons (Fsp3) is 0.400. The highest BCUT2D eigenvalue weighted by atomic mass is 79.9. The maximum Gasteiger partial charge on any atom is 0.222 e. The zero-order chi connectivity index (χ0) is 15.0. The molecule has 6 heteroatoms. The van der Waals surface area contributed by atoms with Crippen LogP contribution in [0.3, 0.4) is 0 Å². The molecule has 4 nitrogen and oxygen atoms in total. The highest BCUT2D eigenvalue weighted by Gasteiger charge is 2.23. The lowest BCUT2D eigenvalue weighted by Gasteiger charge is -2.10. The van der Waals surface area contributed by atoms with Crippen LogP contribution in [0.2, 0.25) is 0 Å². The molecular formula is C15H17BrFN3O. The van der Waals surface area contributed by atoms with Gasteiger partial charge in [-0.05, 0) is 53.9 Å². The van der Waals surface area contributed by atoms with Crippen LogP contribution >= 0.6 is 15.9 Å². The Labute approximate surface area is 131 Å². The van der Waals surface area contributed by atoms with Crippen LogP contribution in [0.15, 0.2) is 22.7 Å². The van der Waals surface area contributed by atoms with E-state index in [4.69, 9.17) is 4.74 Å². The van der Waals surface area contributed by atoms with Crippen LogP contribution in [-0.4, -0.2) is 15.8 Å². The summed E-state index contributed by atoms with van der Waals surface area (Å²) in [5.74, 6) is 0.970. The Morgan fingerprint density at radius 2 is 2.24 bits per heavy atom. The van der Waals surface area contributed by atoms with E-state index < -0.39 is 0 Å². The van der Waals surface area contributed by atoms with Crippen molar-refractivity contribution in [2.75, 3.05) is 0 Å². The third-order valence-corrected chi connectivity index (χ3v) is 4.15. The van der Waals surface area contributed by atoms with Crippen LogP contribution < -0.4 is 10.1 Å². The molecule has 1 aromatic heterocycles. The normalized spacial score (nSPS) is 14.5. The maximum atomic E-state index is 13.3. The number of halogens is 2. The van der Waals surface area contributed by atoms with E-state index in [0.29, 0.717) is 22.1 Å². The summed E-state index contributed by atoms with van der Waals surface area (Å²) in [6, 6.07) is 5.23. The molecule has 0 bridgehead atoms. The summed E-state index contributed by atoms with van der Waals surface area (Å²) >= 11 is 3.17. The number of benzene rings is 1. The summed E-state index contributed by atoms with van der Waals surface area (Å²) in [6.07, 6.45) is 2.47. The number of aryl methyl sites for hydroxylation is 2. The Kier molecular flexibility index (Phi) is 3.99. The van der Waals surface area contributed by atoms with Gasteiger partial charge in [0.05, 0.1) is 15.7 Å². The van der Waals surface area contributed by atoms with Crippen molar-refractivity contribution in [1.82, 2.24) is 15.1 Å². The Bertz CT molecular complexity index is 667. The van der Waals surface area contributed by atoms with Gasteiger partial charge in [0.15, 0.2) is 0 Å². The van der Waals surface area contributed by atoms with E-state index in [0.717, 1.165) is 17.8 Å². The molecule has 1 heterocycles. The Hall–Kier alpha value is -1.40. The summed E-state index contributed by atoms with van der Waals surface area (Å²) in [4.78, 5) is 0. The van der Waals surface area contributed by atoms with Gasteiger partial charge in [-0.3, -0.25) is 0 Å². The molecular weight excluding hydrogens is 337 g/mol. The molecule has 112 valence electrons. The fourth-order valence-corrected chi connectivity index (χ4v) is 2.56. The van der Waals surface area contributed by atoms with E-state index in [1.165, 1.54) is 18.9 Å². The van der Waals surface area contributed by atoms with E-state index in [1.54, 1.807) is 16.8 Å². The molecule has 2 aromatic rings. The fourth-order valence-electron chi connectivity index (χ4n) is 2.20. The maximum absolute atomic E-state index is 13.3. The van der Waals surface area contributed by atoms with Gasteiger partial charge in [-0.25, -0.2) is 9.07 Å². The molecule has 0 amide bonds. The van der Waals surface area contributed by atoms with E-state index in [2.05, 4.69) is 26.3 Å². The molecule has 0 unspecified atom stereocenters. The third-order valence-electron chi connectivity index (χ3n) is 3.54. The summed E-state index contributed by atoms with van der Waals surface area (Å²) in [5.41, 5.74) is 1.99. The molecule has 1 aliphatic rings. The average molecular weight is 354 g/mol. The van der Waals surface area contributed by atoms with Crippen molar-refractivity contribution < 1.29 is 9.13 Å². The van der Waals surface area contributed by atoms with Gasteiger partial charge in [-0.1, -0.05) is 0 Å². The zero-order valence-electron chi connectivity index (χ0n) is 12.0. The van der Waals surface area contributed by atoms with Crippen LogP contribution in [-0.2, 0) is 13.6 Å². The number of aromatic nitrogens is 2. The van der Waals surface area contributed by atoms with Crippen LogP contribution in [0.5, 0.6) is 11.6 Å². The van der Waals surface area contributed by atoms with Gasteiger partial charge in [0.1, 0.15) is 11.6 Å². The standard InChI is InChI=1S/C15H17BrFN3O/c1-9-12(8-18-10-3-4-10)15(20(2)19-9)21-11-5-6-14(17)13(16)7-11/h5-7,10,18H,3-4,8H2,1-2H3. The molecule has 0 radical (unpaired) electrons. The highest BCUT2D eigenvalue weighted by Crippen LogP contribution is 2.30. The predicted octanol–water partition coefficient (Wildman–Crippen LogP) is 3.67. The molecule has 1 N–H and O–H groups in total. The lowest BCUT2D eigenvalue weighted by Crippen LogP contribution is -2.16. The summed E-state index contributed by atoms with van der Waals surface area (Å²) in [6.45, 7) is 2.71. The first kappa shape index (κ1) is 14.5. The second-order valence-electron chi connectivity index (χ2n) is 5.33. The summed E-state index contributed by atoms with van der Waals surface area (Å²) in [5, 5.41) is 7.88. The first-order valence-electron chi connectivity index (χ1n) is 6.93. The van der Waals surface area contributed by atoms with Crippen LogP contribution in [0, 0.1) is 12.7 Å². The molecule has 0 spiro atoms. The Morgan fingerprint density at radius 1 is 1.48 bits per heavy atom. The number of hydrogen-bond donors (Lipinski definition) is 1. The van der Waals surface area contributed by atoms with Crippen LogP contribution in [0.25, 0.3) is 0 Å². The van der Waals surface area contributed by atoms with Crippen molar-refractivity contribution in [3.63, 3.8) is 0 Å². The molecule has 0 aliphatic heterocycles. The smallest absolute Gasteiger partial charge is 0.222 e. The number of ether oxygens (including phenoxy) is 1. The van der Waals surface area contributed by atoms with Crippen molar-refractivity contribution in [2.24, 2.45) is 7.05 Å². The molecule has 1 fully saturated rings. The average Bonchev–Trinajstić information content (AvgIpc) is 3.21. The van der Waals surface area contributed by atoms with Gasteiger partial charge >= 0.3 is 0 Å². The van der Waals surface area contributed by atoms with Crippen LogP contribution in [0.4, 0.5) is 4.39 Å². The van der Waals surface area contributed by atoms with Crippen molar-refractivity contribution in [1.29, 1.82) is 0 Å². The van der Waals surface area contributed by atoms with E-state index >= 15 is 0 Å². The predicted molar refractivity (Wildman–Crippen MR) is 82.0 cm³/mol. The van der Waals surface area contributed by atoms with E-state index in [-0.39, 0.29) is 5.82 Å². The number of nitrogens with zero attached hydrogens (tertiary/aromatic N) is 2. The quantitative estimate of drug-likeness (QED) is 0.891. The van der Waals surface area contributed by atoms with Gasteiger partial charge in [0.2, 0.25) is 5.88 Å². The largest absolute Gasteiger partial charge is 0.439 e. The van der Waals surface area contributed by atoms with E-state index in [1.807, 2.05) is 14.0 Å². The van der Waals surface area contributed by atoms with Gasteiger partial charge in [0.25, 0.3) is 0 Å². The number of hydrogen-bond acceptors (Lipinski definition) is 3. The van der Waals surface area contributed by atoms with Crippen molar-refractivity contribution in [3.05, 3.63) is 39.7 Å². The molecule has 3 rings (SSSR count). The molecule has 1 saturated carbocycles. The first-order valence-corrected chi connectivity index (χ1v) is 7.72. The minimum absolute atomic E-state index is 0.306. The van der Waals surface area contributed by atoms with Crippen molar-refractivity contribution in [3.8, 4) is 11.6 Å². The number of nitrogens with one attached hydrogen (secondary N) is 1. The minimum atomic E-state index is -0.306. The zero-order valence-corrected chi connectivity index (χ0v) is 13.6. The summed E-state index contributed by atoms with van der Waals surface area (Å²) in [7, 11) is 1.85. The van der Waals surface area contributed by atoms with Gasteiger partial charge in [0, 0.05) is 19.6 Å². The lowest BCUT2D eigenvalue weighted by molar-refractivity contribution is 0.422. The Balaban J connectivity index is 1.84. The number of rotatable bonds is 5. The highest BCUT2D eigenvalue weighted by molar-refractivity contribution is 9.10. The summed E-state index contributed by atoms with van der Waals surface area (Å²) < 4.78 is 21.3. The second kappa shape index (κ2) is 5.77. The molecule has 0 saturated heterocycles. The van der Waals surface area contributed by atoms with Crippen molar-refractivity contribution >= 4 is 15.9 Å². The molecule has 0 atom stereocenters. The van der Waals surface area contributed by atoms with Crippen molar-refractivity contribution in [2.45, 2.75) is 32.4 Å². The van der Waals surface area contributed by atoms with Crippen LogP contribution in [0.1, 0.15) is 24.1 Å². The third kappa shape index (κ3) is 3.27. The van der Waals surface area contributed by atoms with Gasteiger partial charge in [-0.2, -0.15) is 5.10 Å². The Morgan fingerprint density at radius 3 is 2.90 bits per heavy atom. The first-order chi connectivity index (χ1) is 10.0. The topological polar surface area (TPSA) is 39.1 Å². The molecule has 1 aromatic carbocycles. The SMILES string of the molecule is Cc1nn(C)c(Oc2ccc(F)c(Br)c2)c1CNC1CC1. The minimum Gasteiger partial charge on any atom is -0.439 e. The van der Waals surface area contributed by atoms with E-state index in [9.17, 15) is 4.39 Å². The lowest BCUT2D eigenvalue weighted by atomic mass is 10.2. The monoisotopic (exact) mass is 353 g/mol. The van der Waals surface area contributed by atoms with Gasteiger partial charge < -0.3 is 10.1 Å².